The summed E-state index contributed by atoms with van der Waals surface area (Å²) in [5.74, 6) is -0.177. The van der Waals surface area contributed by atoms with E-state index in [1.54, 1.807) is 0 Å². The molecule has 0 saturated carbocycles. The van der Waals surface area contributed by atoms with Crippen LogP contribution in [0, 0.1) is 0 Å². The average Bonchev–Trinajstić information content (AvgIpc) is 2.00. The zero-order valence-corrected chi connectivity index (χ0v) is 7.05. The van der Waals surface area contributed by atoms with Crippen LogP contribution in [0.4, 0.5) is 0 Å². The molecule has 0 rings (SSSR count). The van der Waals surface area contributed by atoms with Crippen molar-refractivity contribution < 1.29 is 9.53 Å². The summed E-state index contributed by atoms with van der Waals surface area (Å²) in [4.78, 5) is 12.8. The summed E-state index contributed by atoms with van der Waals surface area (Å²) in [6.45, 7) is 4.69. The first kappa shape index (κ1) is 9.43. The second-order valence-electron chi connectivity index (χ2n) is 2.27. The van der Waals surface area contributed by atoms with Crippen LogP contribution in [0.15, 0.2) is 0 Å². The lowest BCUT2D eigenvalue weighted by molar-refractivity contribution is -0.145. The quantitative estimate of drug-likeness (QED) is 0.542. The number of nitrogens with zero attached hydrogens (tertiary/aromatic N) is 1. The number of carbonyl (C=O) groups excluding carboxylic acids is 1. The highest BCUT2D eigenvalue weighted by Gasteiger charge is 2.15. The predicted molar refractivity (Wildman–Crippen MR) is 39.8 cm³/mol. The fourth-order valence-electron chi connectivity index (χ4n) is 0.624. The van der Waals surface area contributed by atoms with Gasteiger partial charge in [0.15, 0.2) is 0 Å². The monoisotopic (exact) mass is 145 g/mol. The van der Waals surface area contributed by atoms with Crippen molar-refractivity contribution in [2.45, 2.75) is 19.9 Å². The predicted octanol–water partition coefficient (Wildman–Crippen LogP) is 0.500. The van der Waals surface area contributed by atoms with Gasteiger partial charge in [0.05, 0.1) is 7.11 Å². The smallest absolute Gasteiger partial charge is 0.322 e. The van der Waals surface area contributed by atoms with Gasteiger partial charge in [-0.2, -0.15) is 0 Å². The van der Waals surface area contributed by atoms with E-state index in [1.807, 2.05) is 25.8 Å². The first-order valence-electron chi connectivity index (χ1n) is 3.41. The Kier molecular flexibility index (Phi) is 4.03. The highest BCUT2D eigenvalue weighted by atomic mass is 16.5. The molecule has 0 heterocycles. The first-order chi connectivity index (χ1) is 4.63. The zero-order valence-electron chi connectivity index (χ0n) is 7.05. The van der Waals surface area contributed by atoms with Gasteiger partial charge in [-0.25, -0.2) is 0 Å². The average molecular weight is 145 g/mol. The molecule has 10 heavy (non-hydrogen) atoms. The molecule has 0 saturated heterocycles. The Hall–Kier alpha value is -0.570. The third kappa shape index (κ3) is 2.35. The third-order valence-electron chi connectivity index (χ3n) is 1.70. The fourth-order valence-corrected chi connectivity index (χ4v) is 0.624. The van der Waals surface area contributed by atoms with E-state index in [-0.39, 0.29) is 12.0 Å². The van der Waals surface area contributed by atoms with Gasteiger partial charge >= 0.3 is 5.97 Å². The van der Waals surface area contributed by atoms with Crippen LogP contribution < -0.4 is 0 Å². The van der Waals surface area contributed by atoms with Crippen molar-refractivity contribution in [3.05, 3.63) is 0 Å². The van der Waals surface area contributed by atoms with E-state index < -0.39 is 0 Å². The molecule has 0 aromatic rings. The number of esters is 1. The molecular formula is C7H15NO2. The summed E-state index contributed by atoms with van der Waals surface area (Å²) in [6, 6.07) is -0.130. The Balaban J connectivity index is 3.81. The van der Waals surface area contributed by atoms with Crippen molar-refractivity contribution >= 4 is 5.97 Å². The van der Waals surface area contributed by atoms with Crippen LogP contribution >= 0.6 is 0 Å². The minimum atomic E-state index is -0.177. The summed E-state index contributed by atoms with van der Waals surface area (Å²) in [7, 11) is 3.30. The van der Waals surface area contributed by atoms with E-state index in [1.165, 1.54) is 7.11 Å². The molecule has 1 atom stereocenters. The van der Waals surface area contributed by atoms with Crippen molar-refractivity contribution in [1.82, 2.24) is 4.90 Å². The fraction of sp³-hybridized carbons (Fsp3) is 0.857. The van der Waals surface area contributed by atoms with Gasteiger partial charge in [0.25, 0.3) is 0 Å². The molecule has 3 heteroatoms. The maximum Gasteiger partial charge on any atom is 0.322 e. The Morgan fingerprint density at radius 2 is 2.20 bits per heavy atom. The number of carbonyl (C=O) groups is 1. The van der Waals surface area contributed by atoms with E-state index in [4.69, 9.17) is 0 Å². The van der Waals surface area contributed by atoms with E-state index in [2.05, 4.69) is 4.74 Å². The molecule has 0 aromatic carbocycles. The number of methoxy groups -OCH3 is 1. The van der Waals surface area contributed by atoms with Crippen molar-refractivity contribution in [2.75, 3.05) is 20.7 Å². The summed E-state index contributed by atoms with van der Waals surface area (Å²) >= 11 is 0. The van der Waals surface area contributed by atoms with Crippen LogP contribution in [0.2, 0.25) is 0 Å². The minimum absolute atomic E-state index is 0.130. The van der Waals surface area contributed by atoms with Crippen LogP contribution in [-0.2, 0) is 9.53 Å². The molecule has 0 aliphatic rings. The van der Waals surface area contributed by atoms with Crippen LogP contribution in [0.3, 0.4) is 0 Å². The second-order valence-corrected chi connectivity index (χ2v) is 2.27. The van der Waals surface area contributed by atoms with Gasteiger partial charge in [0.1, 0.15) is 6.04 Å². The molecule has 0 fully saturated rings. The summed E-state index contributed by atoms with van der Waals surface area (Å²) < 4.78 is 4.55. The van der Waals surface area contributed by atoms with E-state index >= 15 is 0 Å². The Morgan fingerprint density at radius 3 is 2.50 bits per heavy atom. The van der Waals surface area contributed by atoms with Gasteiger partial charge in [0.2, 0.25) is 0 Å². The largest absolute Gasteiger partial charge is 0.468 e. The van der Waals surface area contributed by atoms with Crippen molar-refractivity contribution in [1.29, 1.82) is 0 Å². The van der Waals surface area contributed by atoms with E-state index in [9.17, 15) is 4.79 Å². The molecule has 0 N–H and O–H groups in total. The molecule has 1 unspecified atom stereocenters. The minimum Gasteiger partial charge on any atom is -0.468 e. The van der Waals surface area contributed by atoms with Crippen LogP contribution in [-0.4, -0.2) is 37.6 Å². The molecule has 60 valence electrons. The Bertz CT molecular complexity index is 114. The molecule has 0 bridgehead atoms. The lowest BCUT2D eigenvalue weighted by atomic mass is 10.3. The van der Waals surface area contributed by atoms with Gasteiger partial charge in [-0.3, -0.25) is 9.69 Å². The van der Waals surface area contributed by atoms with Gasteiger partial charge < -0.3 is 4.74 Å². The van der Waals surface area contributed by atoms with Crippen molar-refractivity contribution in [3.8, 4) is 0 Å². The molecule has 0 aliphatic carbocycles. The maximum absolute atomic E-state index is 10.8. The van der Waals surface area contributed by atoms with E-state index in [0.717, 1.165) is 6.54 Å². The lowest BCUT2D eigenvalue weighted by Gasteiger charge is -2.19. The van der Waals surface area contributed by atoms with Crippen LogP contribution in [0.25, 0.3) is 0 Å². The molecule has 0 spiro atoms. The summed E-state index contributed by atoms with van der Waals surface area (Å²) in [5, 5.41) is 0. The first-order valence-corrected chi connectivity index (χ1v) is 3.41. The zero-order chi connectivity index (χ0) is 8.15. The highest BCUT2D eigenvalue weighted by Crippen LogP contribution is 1.95. The van der Waals surface area contributed by atoms with Gasteiger partial charge in [-0.15, -0.1) is 0 Å². The third-order valence-corrected chi connectivity index (χ3v) is 1.70. The number of hydrogen-bond donors (Lipinski definition) is 0. The maximum atomic E-state index is 10.8. The number of likely N-dealkylation sites (N-methyl/N-ethyl adjacent to an activating group) is 1. The number of hydrogen-bond acceptors (Lipinski definition) is 3. The highest BCUT2D eigenvalue weighted by molar-refractivity contribution is 5.74. The van der Waals surface area contributed by atoms with Crippen LogP contribution in [0.1, 0.15) is 13.8 Å². The topological polar surface area (TPSA) is 29.5 Å². The molecule has 0 aliphatic heterocycles. The van der Waals surface area contributed by atoms with Crippen LogP contribution in [0.5, 0.6) is 0 Å². The standard InChI is InChI=1S/C7H15NO2/c1-5-8(3)6(2)7(9)10-4/h6H,5H2,1-4H3. The summed E-state index contributed by atoms with van der Waals surface area (Å²) in [5.41, 5.74) is 0. The second kappa shape index (κ2) is 4.28. The van der Waals surface area contributed by atoms with E-state index in [0.29, 0.717) is 0 Å². The van der Waals surface area contributed by atoms with Gasteiger partial charge in [-0.05, 0) is 20.5 Å². The number of rotatable bonds is 3. The van der Waals surface area contributed by atoms with Crippen molar-refractivity contribution in [3.63, 3.8) is 0 Å². The molecule has 3 nitrogen and oxygen atoms in total. The van der Waals surface area contributed by atoms with Gasteiger partial charge in [-0.1, -0.05) is 6.92 Å². The molecule has 0 aromatic heterocycles. The molecule has 0 amide bonds. The number of ether oxygens (including phenoxy) is 1. The Morgan fingerprint density at radius 1 is 1.70 bits per heavy atom. The molecular weight excluding hydrogens is 130 g/mol. The molecule has 0 radical (unpaired) electrons. The van der Waals surface area contributed by atoms with Crippen molar-refractivity contribution in [2.24, 2.45) is 0 Å². The SMILES string of the molecule is CCN(C)C(C)C(=O)OC. The summed E-state index contributed by atoms with van der Waals surface area (Å²) in [6.07, 6.45) is 0. The normalized spacial score (nSPS) is 13.3. The van der Waals surface area contributed by atoms with Gasteiger partial charge in [0, 0.05) is 0 Å². The lowest BCUT2D eigenvalue weighted by Crippen LogP contribution is -2.36. The Labute approximate surface area is 62.0 Å².